The monoisotopic (exact) mass is 337 g/mol. The highest BCUT2D eigenvalue weighted by Crippen LogP contribution is 2.29. The van der Waals surface area contributed by atoms with Crippen molar-refractivity contribution in [2.24, 2.45) is 5.92 Å². The molecule has 0 radical (unpaired) electrons. The summed E-state index contributed by atoms with van der Waals surface area (Å²) in [5, 5.41) is 0. The minimum Gasteiger partial charge on any atom is -0.384 e. The third-order valence-electron chi connectivity index (χ3n) is 5.21. The Balaban J connectivity index is 1.49. The highest BCUT2D eigenvalue weighted by atomic mass is 16.2. The van der Waals surface area contributed by atoms with E-state index in [0.29, 0.717) is 17.3 Å². The number of hydrogen-bond donors (Lipinski definition) is 1. The Hall–Kier alpha value is -2.47. The van der Waals surface area contributed by atoms with Crippen LogP contribution < -0.4 is 5.73 Å². The van der Waals surface area contributed by atoms with Crippen LogP contribution in [0.1, 0.15) is 28.8 Å². The van der Waals surface area contributed by atoms with Gasteiger partial charge in [-0.2, -0.15) is 0 Å². The third-order valence-corrected chi connectivity index (χ3v) is 5.21. The summed E-state index contributed by atoms with van der Waals surface area (Å²) < 4.78 is 0. The Morgan fingerprint density at radius 2 is 2.08 bits per heavy atom. The number of nitrogens with zero attached hydrogens (tertiary/aromatic N) is 4. The number of rotatable bonds is 3. The van der Waals surface area contributed by atoms with E-state index in [1.807, 2.05) is 17.2 Å². The van der Waals surface area contributed by atoms with Crippen LogP contribution in [0.5, 0.6) is 0 Å². The number of piperidine rings is 1. The van der Waals surface area contributed by atoms with Crippen molar-refractivity contribution in [2.45, 2.75) is 25.4 Å². The molecule has 0 spiro atoms. The van der Waals surface area contributed by atoms with Gasteiger partial charge in [0.2, 0.25) is 0 Å². The summed E-state index contributed by atoms with van der Waals surface area (Å²) >= 11 is 0. The van der Waals surface area contributed by atoms with Gasteiger partial charge in [-0.3, -0.25) is 14.7 Å². The van der Waals surface area contributed by atoms with Crippen LogP contribution in [0.15, 0.2) is 42.9 Å². The summed E-state index contributed by atoms with van der Waals surface area (Å²) in [6, 6.07) is 7.82. The fourth-order valence-corrected chi connectivity index (χ4v) is 4.00. The maximum absolute atomic E-state index is 12.9. The molecule has 6 heteroatoms. The summed E-state index contributed by atoms with van der Waals surface area (Å²) in [5.74, 6) is 1.04. The molecular formula is C19H23N5O. The number of carbonyl (C=O) groups is 1. The SMILES string of the molecule is Nc1ccc(C(=O)N2C[C@H]3CC[C@@H]2CN(Cc2cccnc2)C3)cn1. The van der Waals surface area contributed by atoms with Gasteiger partial charge in [0.1, 0.15) is 5.82 Å². The van der Waals surface area contributed by atoms with Crippen molar-refractivity contribution in [2.75, 3.05) is 25.4 Å². The minimum atomic E-state index is 0.0745. The second-order valence-corrected chi connectivity index (χ2v) is 7.08. The zero-order valence-corrected chi connectivity index (χ0v) is 14.2. The van der Waals surface area contributed by atoms with E-state index in [4.69, 9.17) is 5.73 Å². The Bertz CT molecular complexity index is 733. The molecule has 130 valence electrons. The summed E-state index contributed by atoms with van der Waals surface area (Å²) in [6.45, 7) is 3.68. The van der Waals surface area contributed by atoms with E-state index >= 15 is 0 Å². The van der Waals surface area contributed by atoms with E-state index in [0.717, 1.165) is 32.6 Å². The zero-order valence-electron chi connectivity index (χ0n) is 14.2. The first kappa shape index (κ1) is 16.0. The summed E-state index contributed by atoms with van der Waals surface area (Å²) in [6.07, 6.45) is 7.58. The van der Waals surface area contributed by atoms with Crippen LogP contribution in [0.25, 0.3) is 0 Å². The molecule has 2 aromatic rings. The average molecular weight is 337 g/mol. The quantitative estimate of drug-likeness (QED) is 0.924. The molecule has 2 bridgehead atoms. The Kier molecular flexibility index (Phi) is 4.36. The molecule has 25 heavy (non-hydrogen) atoms. The zero-order chi connectivity index (χ0) is 17.2. The van der Waals surface area contributed by atoms with Crippen LogP contribution in [0.3, 0.4) is 0 Å². The molecule has 2 aromatic heterocycles. The standard InChI is InChI=1S/C19H23N5O/c20-18-6-4-16(9-22-18)19(25)24-12-15-3-5-17(24)13-23(11-15)10-14-2-1-7-21-8-14/h1-2,4,6-9,15,17H,3,5,10-13H2,(H2,20,22)/t15-,17+/m0/s1. The number of anilines is 1. The van der Waals surface area contributed by atoms with Gasteiger partial charge in [-0.25, -0.2) is 4.98 Å². The Labute approximate surface area is 147 Å². The van der Waals surface area contributed by atoms with Gasteiger partial charge in [0.05, 0.1) is 5.56 Å². The van der Waals surface area contributed by atoms with Crippen molar-refractivity contribution in [3.05, 3.63) is 54.0 Å². The number of nitrogen functional groups attached to an aromatic ring is 1. The maximum Gasteiger partial charge on any atom is 0.255 e. The lowest BCUT2D eigenvalue weighted by atomic mass is 9.94. The van der Waals surface area contributed by atoms with E-state index in [9.17, 15) is 4.79 Å². The summed E-state index contributed by atoms with van der Waals surface area (Å²) in [4.78, 5) is 25.7. The number of fused-ring (bicyclic) bond motifs is 4. The first-order valence-electron chi connectivity index (χ1n) is 8.83. The van der Waals surface area contributed by atoms with Crippen molar-refractivity contribution in [1.29, 1.82) is 0 Å². The van der Waals surface area contributed by atoms with Gasteiger partial charge in [0.15, 0.2) is 0 Å². The van der Waals surface area contributed by atoms with Crippen LogP contribution in [-0.2, 0) is 6.54 Å². The van der Waals surface area contributed by atoms with Gasteiger partial charge < -0.3 is 10.6 Å². The molecule has 0 aromatic carbocycles. The van der Waals surface area contributed by atoms with Gasteiger partial charge in [-0.15, -0.1) is 0 Å². The lowest BCUT2D eigenvalue weighted by molar-refractivity contribution is 0.0584. The fraction of sp³-hybridized carbons (Fsp3) is 0.421. The Morgan fingerprint density at radius 1 is 1.16 bits per heavy atom. The molecule has 3 aliphatic rings. The van der Waals surface area contributed by atoms with Crippen LogP contribution in [0, 0.1) is 5.92 Å². The van der Waals surface area contributed by atoms with Crippen LogP contribution in [0.4, 0.5) is 5.82 Å². The molecule has 3 fully saturated rings. The number of nitrogens with two attached hydrogens (primary N) is 1. The molecule has 3 aliphatic heterocycles. The largest absolute Gasteiger partial charge is 0.384 e. The number of aromatic nitrogens is 2. The van der Waals surface area contributed by atoms with E-state index in [1.165, 1.54) is 12.0 Å². The summed E-state index contributed by atoms with van der Waals surface area (Å²) in [5.41, 5.74) is 7.49. The predicted molar refractivity (Wildman–Crippen MR) is 95.7 cm³/mol. The summed E-state index contributed by atoms with van der Waals surface area (Å²) in [7, 11) is 0. The molecular weight excluding hydrogens is 314 g/mol. The third kappa shape index (κ3) is 3.49. The smallest absolute Gasteiger partial charge is 0.255 e. The molecule has 1 amide bonds. The number of carbonyl (C=O) groups excluding carboxylic acids is 1. The Morgan fingerprint density at radius 3 is 2.84 bits per heavy atom. The van der Waals surface area contributed by atoms with Crippen LogP contribution in [0.2, 0.25) is 0 Å². The lowest BCUT2D eigenvalue weighted by Crippen LogP contribution is -2.47. The van der Waals surface area contributed by atoms with Crippen molar-refractivity contribution < 1.29 is 4.79 Å². The molecule has 2 atom stereocenters. The lowest BCUT2D eigenvalue weighted by Gasteiger charge is -2.36. The number of hydrogen-bond acceptors (Lipinski definition) is 5. The van der Waals surface area contributed by atoms with Gasteiger partial charge >= 0.3 is 0 Å². The average Bonchev–Trinajstić information content (AvgIpc) is 2.93. The van der Waals surface area contributed by atoms with Crippen molar-refractivity contribution in [1.82, 2.24) is 19.8 Å². The van der Waals surface area contributed by atoms with Gasteiger partial charge in [0.25, 0.3) is 5.91 Å². The van der Waals surface area contributed by atoms with Crippen LogP contribution in [-0.4, -0.2) is 51.4 Å². The van der Waals surface area contributed by atoms with E-state index in [-0.39, 0.29) is 11.9 Å². The highest BCUT2D eigenvalue weighted by Gasteiger charge is 2.37. The van der Waals surface area contributed by atoms with Gasteiger partial charge in [-0.05, 0) is 42.5 Å². The van der Waals surface area contributed by atoms with Crippen molar-refractivity contribution >= 4 is 11.7 Å². The predicted octanol–water partition coefficient (Wildman–Crippen LogP) is 1.80. The fourth-order valence-electron chi connectivity index (χ4n) is 4.00. The molecule has 0 unspecified atom stereocenters. The molecule has 2 N–H and O–H groups in total. The normalized spacial score (nSPS) is 23.4. The first-order chi connectivity index (χ1) is 12.2. The topological polar surface area (TPSA) is 75.4 Å². The van der Waals surface area contributed by atoms with Gasteiger partial charge in [-0.1, -0.05) is 6.07 Å². The van der Waals surface area contributed by atoms with E-state index < -0.39 is 0 Å². The molecule has 3 saturated heterocycles. The van der Waals surface area contributed by atoms with Crippen molar-refractivity contribution in [3.8, 4) is 0 Å². The molecule has 5 rings (SSSR count). The molecule has 5 heterocycles. The van der Waals surface area contributed by atoms with Gasteiger partial charge in [0, 0.05) is 50.8 Å². The van der Waals surface area contributed by atoms with Crippen LogP contribution >= 0.6 is 0 Å². The van der Waals surface area contributed by atoms with E-state index in [2.05, 4.69) is 20.9 Å². The molecule has 0 aliphatic carbocycles. The number of pyridine rings is 2. The molecule has 0 saturated carbocycles. The second kappa shape index (κ2) is 6.80. The highest BCUT2D eigenvalue weighted by molar-refractivity contribution is 5.94. The number of amides is 1. The van der Waals surface area contributed by atoms with Crippen molar-refractivity contribution in [3.63, 3.8) is 0 Å². The maximum atomic E-state index is 12.9. The van der Waals surface area contributed by atoms with E-state index in [1.54, 1.807) is 24.5 Å². The first-order valence-corrected chi connectivity index (χ1v) is 8.83. The second-order valence-electron chi connectivity index (χ2n) is 7.08. The minimum absolute atomic E-state index is 0.0745. The molecule has 6 nitrogen and oxygen atoms in total.